The number of benzene rings is 6. The zero-order chi connectivity index (χ0) is 33.3. The summed E-state index contributed by atoms with van der Waals surface area (Å²) in [5, 5.41) is 14.3. The van der Waals surface area contributed by atoms with Crippen LogP contribution in [-0.4, -0.2) is 13.2 Å². The highest BCUT2D eigenvalue weighted by molar-refractivity contribution is 5.84. The zero-order valence-electron chi connectivity index (χ0n) is 27.9. The maximum absolute atomic E-state index is 6.40. The fourth-order valence-electron chi connectivity index (χ4n) is 5.22. The van der Waals surface area contributed by atoms with Crippen molar-refractivity contribution in [2.75, 3.05) is 34.5 Å². The number of para-hydroxylation sites is 2. The Labute approximate surface area is 283 Å². The van der Waals surface area contributed by atoms with Gasteiger partial charge in [0.15, 0.2) is 0 Å². The van der Waals surface area contributed by atoms with Gasteiger partial charge in [-0.05, 0) is 100 Å². The minimum absolute atomic E-state index is 0.343. The molecule has 0 aliphatic heterocycles. The van der Waals surface area contributed by atoms with Gasteiger partial charge >= 0.3 is 0 Å². The van der Waals surface area contributed by atoms with Crippen LogP contribution in [0.2, 0.25) is 0 Å². The third-order valence-electron chi connectivity index (χ3n) is 7.95. The number of aryl methyl sites for hydroxylation is 4. The Kier molecular flexibility index (Phi) is 10.1. The second kappa shape index (κ2) is 15.1. The second-order valence-corrected chi connectivity index (χ2v) is 12.0. The van der Waals surface area contributed by atoms with E-state index in [1.165, 1.54) is 22.3 Å². The molecular weight excluding hydrogens is 592 g/mol. The average molecular weight is 635 g/mol. The summed E-state index contributed by atoms with van der Waals surface area (Å²) < 4.78 is 12.8. The zero-order valence-corrected chi connectivity index (χ0v) is 27.9. The number of ether oxygens (including phenoxy) is 2. The Morgan fingerprint density at radius 1 is 0.354 bits per heavy atom. The van der Waals surface area contributed by atoms with Crippen LogP contribution in [0.3, 0.4) is 0 Å². The van der Waals surface area contributed by atoms with Gasteiger partial charge in [-0.2, -0.15) is 0 Å². The van der Waals surface area contributed by atoms with Gasteiger partial charge in [0.1, 0.15) is 36.1 Å². The number of hydrogen-bond donors (Lipinski definition) is 4. The molecule has 0 spiro atoms. The minimum atomic E-state index is 0.343. The minimum Gasteiger partial charge on any atom is -0.488 e. The summed E-state index contributed by atoms with van der Waals surface area (Å²) in [5.41, 5.74) is 12.3. The summed E-state index contributed by atoms with van der Waals surface area (Å²) in [7, 11) is 0. The van der Waals surface area contributed by atoms with Gasteiger partial charge in [0.2, 0.25) is 0 Å². The van der Waals surface area contributed by atoms with Crippen LogP contribution in [-0.2, 0) is 0 Å². The van der Waals surface area contributed by atoms with E-state index in [0.29, 0.717) is 13.2 Å². The molecule has 0 bridgehead atoms. The first kappa shape index (κ1) is 32.1. The smallest absolute Gasteiger partial charge is 0.145 e. The summed E-state index contributed by atoms with van der Waals surface area (Å²) in [6.07, 6.45) is 0. The van der Waals surface area contributed by atoms with Gasteiger partial charge in [0.25, 0.3) is 0 Å². The van der Waals surface area contributed by atoms with Crippen molar-refractivity contribution in [2.45, 2.75) is 27.7 Å². The van der Waals surface area contributed by atoms with Gasteiger partial charge in [-0.1, -0.05) is 82.9 Å². The van der Waals surface area contributed by atoms with Crippen molar-refractivity contribution in [3.05, 3.63) is 156 Å². The molecule has 48 heavy (non-hydrogen) atoms. The molecule has 0 radical (unpaired) electrons. The van der Waals surface area contributed by atoms with Gasteiger partial charge in [-0.25, -0.2) is 0 Å². The molecule has 0 aliphatic rings. The van der Waals surface area contributed by atoms with E-state index in [-0.39, 0.29) is 0 Å². The molecular formula is C42H42N4O2. The van der Waals surface area contributed by atoms with Crippen LogP contribution in [0.1, 0.15) is 22.3 Å². The monoisotopic (exact) mass is 634 g/mol. The predicted molar refractivity (Wildman–Crippen MR) is 202 cm³/mol. The predicted octanol–water partition coefficient (Wildman–Crippen LogP) is 11.4. The van der Waals surface area contributed by atoms with Gasteiger partial charge in [-0.15, -0.1) is 0 Å². The number of anilines is 8. The molecule has 6 rings (SSSR count). The van der Waals surface area contributed by atoms with Crippen molar-refractivity contribution < 1.29 is 9.47 Å². The van der Waals surface area contributed by atoms with Gasteiger partial charge in [0, 0.05) is 22.7 Å². The first-order valence-electron chi connectivity index (χ1n) is 16.3. The molecule has 0 amide bonds. The lowest BCUT2D eigenvalue weighted by Gasteiger charge is -2.20. The lowest BCUT2D eigenvalue weighted by molar-refractivity contribution is 0.218. The van der Waals surface area contributed by atoms with Crippen LogP contribution in [0.15, 0.2) is 133 Å². The molecule has 0 saturated heterocycles. The van der Waals surface area contributed by atoms with Crippen molar-refractivity contribution in [3.8, 4) is 11.5 Å². The van der Waals surface area contributed by atoms with Crippen molar-refractivity contribution in [1.29, 1.82) is 0 Å². The molecule has 6 nitrogen and oxygen atoms in total. The summed E-state index contributed by atoms with van der Waals surface area (Å²) in [6.45, 7) is 9.03. The van der Waals surface area contributed by atoms with Crippen molar-refractivity contribution in [2.24, 2.45) is 0 Å². The van der Waals surface area contributed by atoms with Crippen LogP contribution >= 0.6 is 0 Å². The molecule has 0 unspecified atom stereocenters. The van der Waals surface area contributed by atoms with Crippen LogP contribution in [0, 0.1) is 27.7 Å². The fraction of sp³-hybridized carbons (Fsp3) is 0.143. The molecule has 242 valence electrons. The first-order valence-corrected chi connectivity index (χ1v) is 16.3. The molecule has 0 atom stereocenters. The Morgan fingerprint density at radius 2 is 0.646 bits per heavy atom. The first-order chi connectivity index (χ1) is 23.4. The van der Waals surface area contributed by atoms with Crippen LogP contribution < -0.4 is 30.7 Å². The van der Waals surface area contributed by atoms with Crippen LogP contribution in [0.5, 0.6) is 11.5 Å². The van der Waals surface area contributed by atoms with Gasteiger partial charge < -0.3 is 30.7 Å². The number of nitrogens with one attached hydrogen (secondary N) is 4. The standard InChI is InChI=1S/C42H42N4O2/c1-29-11-19-33(20-12-29)43-37-7-5-9-39(41(37)45-35-23-15-31(3)16-24-35)47-27-28-48-40-10-6-8-38(44-34-21-13-30(2)14-22-34)42(40)46-36-25-17-32(4)18-26-36/h5-26,43-46H,27-28H2,1-4H3. The van der Waals surface area contributed by atoms with E-state index >= 15 is 0 Å². The summed E-state index contributed by atoms with van der Waals surface area (Å²) in [4.78, 5) is 0. The molecule has 0 fully saturated rings. The summed E-state index contributed by atoms with van der Waals surface area (Å²) >= 11 is 0. The normalized spacial score (nSPS) is 10.7. The van der Waals surface area contributed by atoms with Crippen molar-refractivity contribution >= 4 is 45.5 Å². The summed E-state index contributed by atoms with van der Waals surface area (Å²) in [6, 6.07) is 45.4. The highest BCUT2D eigenvalue weighted by Gasteiger charge is 2.14. The van der Waals surface area contributed by atoms with E-state index < -0.39 is 0 Å². The largest absolute Gasteiger partial charge is 0.488 e. The Balaban J connectivity index is 1.21. The molecule has 6 heteroatoms. The van der Waals surface area contributed by atoms with E-state index in [9.17, 15) is 0 Å². The molecule has 6 aromatic rings. The fourth-order valence-corrected chi connectivity index (χ4v) is 5.22. The van der Waals surface area contributed by atoms with Gasteiger partial charge in [0.05, 0.1) is 11.4 Å². The topological polar surface area (TPSA) is 66.6 Å². The lowest BCUT2D eigenvalue weighted by Crippen LogP contribution is -2.11. The third-order valence-corrected chi connectivity index (χ3v) is 7.95. The molecule has 0 saturated carbocycles. The van der Waals surface area contributed by atoms with E-state index in [1.807, 2.05) is 24.3 Å². The lowest BCUT2D eigenvalue weighted by atomic mass is 10.2. The molecule has 0 aliphatic carbocycles. The summed E-state index contributed by atoms with van der Waals surface area (Å²) in [5.74, 6) is 1.45. The molecule has 0 heterocycles. The Bertz CT molecular complexity index is 1790. The van der Waals surface area contributed by atoms with E-state index in [2.05, 4.69) is 158 Å². The Hall–Kier alpha value is -5.88. The van der Waals surface area contributed by atoms with Crippen molar-refractivity contribution in [3.63, 3.8) is 0 Å². The highest BCUT2D eigenvalue weighted by Crippen LogP contribution is 2.39. The highest BCUT2D eigenvalue weighted by atomic mass is 16.5. The quantitative estimate of drug-likeness (QED) is 0.0948. The number of rotatable bonds is 13. The van der Waals surface area contributed by atoms with Crippen LogP contribution in [0.25, 0.3) is 0 Å². The molecule has 6 aromatic carbocycles. The molecule has 4 N–H and O–H groups in total. The van der Waals surface area contributed by atoms with Crippen molar-refractivity contribution in [1.82, 2.24) is 0 Å². The second-order valence-electron chi connectivity index (χ2n) is 12.0. The average Bonchev–Trinajstić information content (AvgIpc) is 3.09. The Morgan fingerprint density at radius 3 is 0.958 bits per heavy atom. The van der Waals surface area contributed by atoms with E-state index in [1.54, 1.807) is 0 Å². The van der Waals surface area contributed by atoms with Crippen LogP contribution in [0.4, 0.5) is 45.5 Å². The van der Waals surface area contributed by atoms with E-state index in [4.69, 9.17) is 9.47 Å². The maximum Gasteiger partial charge on any atom is 0.145 e. The third kappa shape index (κ3) is 8.47. The van der Waals surface area contributed by atoms with Gasteiger partial charge in [-0.3, -0.25) is 0 Å². The molecule has 0 aromatic heterocycles. The van der Waals surface area contributed by atoms with E-state index in [0.717, 1.165) is 57.0 Å². The number of hydrogen-bond acceptors (Lipinski definition) is 6. The maximum atomic E-state index is 6.40. The SMILES string of the molecule is Cc1ccc(Nc2cccc(OCCOc3cccc(Nc4ccc(C)cc4)c3Nc3ccc(C)cc3)c2Nc2ccc(C)cc2)cc1.